The number of carbonyl (C=O) groups is 3. The summed E-state index contributed by atoms with van der Waals surface area (Å²) in [5.74, 6) is -0.638. The number of carboxylic acid groups (broad SMARTS) is 1. The Morgan fingerprint density at radius 1 is 1.08 bits per heavy atom. The van der Waals surface area contributed by atoms with E-state index in [4.69, 9.17) is 5.11 Å². The minimum Gasteiger partial charge on any atom is -0.481 e. The SMILES string of the molecule is CC1CCC(N2CC(C(=O)N[C@@H]3CC[C@H](C(=O)O)C3)CC2=O)CC1. The number of carboxylic acids is 1. The Morgan fingerprint density at radius 2 is 1.79 bits per heavy atom. The Kier molecular flexibility index (Phi) is 5.11. The predicted molar refractivity (Wildman–Crippen MR) is 88.1 cm³/mol. The molecule has 0 aromatic rings. The summed E-state index contributed by atoms with van der Waals surface area (Å²) in [5, 5.41) is 12.0. The quantitative estimate of drug-likeness (QED) is 0.819. The first-order chi connectivity index (χ1) is 11.4. The number of hydrogen-bond acceptors (Lipinski definition) is 3. The fourth-order valence-corrected chi connectivity index (χ4v) is 4.47. The molecule has 1 saturated heterocycles. The van der Waals surface area contributed by atoms with Gasteiger partial charge in [-0.25, -0.2) is 0 Å². The molecular formula is C18H28N2O4. The second-order valence-corrected chi connectivity index (χ2v) is 7.91. The molecule has 1 unspecified atom stereocenters. The van der Waals surface area contributed by atoms with Gasteiger partial charge in [0, 0.05) is 25.0 Å². The summed E-state index contributed by atoms with van der Waals surface area (Å²) in [6.45, 7) is 2.78. The molecule has 6 nitrogen and oxygen atoms in total. The van der Waals surface area contributed by atoms with E-state index in [2.05, 4.69) is 12.2 Å². The molecule has 2 saturated carbocycles. The smallest absolute Gasteiger partial charge is 0.306 e. The fourth-order valence-electron chi connectivity index (χ4n) is 4.47. The Hall–Kier alpha value is -1.59. The normalized spacial score (nSPS) is 36.8. The molecule has 3 aliphatic rings. The van der Waals surface area contributed by atoms with Gasteiger partial charge in [0.25, 0.3) is 0 Å². The first-order valence-corrected chi connectivity index (χ1v) is 9.26. The fraction of sp³-hybridized carbons (Fsp3) is 0.833. The van der Waals surface area contributed by atoms with E-state index < -0.39 is 5.97 Å². The van der Waals surface area contributed by atoms with Gasteiger partial charge in [-0.05, 0) is 50.9 Å². The van der Waals surface area contributed by atoms with Crippen molar-refractivity contribution >= 4 is 17.8 Å². The summed E-state index contributed by atoms with van der Waals surface area (Å²) in [7, 11) is 0. The van der Waals surface area contributed by atoms with Crippen molar-refractivity contribution in [2.45, 2.75) is 70.4 Å². The Labute approximate surface area is 143 Å². The molecule has 6 heteroatoms. The van der Waals surface area contributed by atoms with E-state index in [1.807, 2.05) is 4.90 Å². The highest BCUT2D eigenvalue weighted by atomic mass is 16.4. The predicted octanol–water partition coefficient (Wildman–Crippen LogP) is 1.78. The van der Waals surface area contributed by atoms with Crippen LogP contribution in [0.3, 0.4) is 0 Å². The highest BCUT2D eigenvalue weighted by molar-refractivity contribution is 5.89. The minimum atomic E-state index is -0.777. The van der Waals surface area contributed by atoms with E-state index in [0.717, 1.165) is 31.6 Å². The molecule has 0 aromatic carbocycles. The maximum absolute atomic E-state index is 12.5. The summed E-state index contributed by atoms with van der Waals surface area (Å²) < 4.78 is 0. The van der Waals surface area contributed by atoms with Crippen LogP contribution in [0, 0.1) is 17.8 Å². The average molecular weight is 336 g/mol. The van der Waals surface area contributed by atoms with Crippen molar-refractivity contribution in [3.63, 3.8) is 0 Å². The van der Waals surface area contributed by atoms with Crippen LogP contribution in [0.4, 0.5) is 0 Å². The zero-order chi connectivity index (χ0) is 17.3. The van der Waals surface area contributed by atoms with Gasteiger partial charge in [-0.3, -0.25) is 14.4 Å². The Morgan fingerprint density at radius 3 is 2.42 bits per heavy atom. The third kappa shape index (κ3) is 3.73. The van der Waals surface area contributed by atoms with Crippen molar-refractivity contribution in [3.8, 4) is 0 Å². The van der Waals surface area contributed by atoms with Crippen LogP contribution in [0.1, 0.15) is 58.3 Å². The van der Waals surface area contributed by atoms with Gasteiger partial charge in [0.05, 0.1) is 11.8 Å². The van der Waals surface area contributed by atoms with Crippen molar-refractivity contribution in [2.75, 3.05) is 6.54 Å². The third-order valence-corrected chi connectivity index (χ3v) is 6.08. The van der Waals surface area contributed by atoms with Crippen LogP contribution < -0.4 is 5.32 Å². The van der Waals surface area contributed by atoms with E-state index in [-0.39, 0.29) is 29.7 Å². The lowest BCUT2D eigenvalue weighted by Gasteiger charge is -2.33. The number of likely N-dealkylation sites (tertiary alicyclic amines) is 1. The molecule has 2 aliphatic carbocycles. The highest BCUT2D eigenvalue weighted by Crippen LogP contribution is 2.32. The molecular weight excluding hydrogens is 308 g/mol. The Bertz CT molecular complexity index is 513. The van der Waals surface area contributed by atoms with Gasteiger partial charge in [0.1, 0.15) is 0 Å². The van der Waals surface area contributed by atoms with Crippen LogP contribution in [0.25, 0.3) is 0 Å². The number of carbonyl (C=O) groups excluding carboxylic acids is 2. The minimum absolute atomic E-state index is 0.0571. The van der Waals surface area contributed by atoms with Gasteiger partial charge in [0.15, 0.2) is 0 Å². The van der Waals surface area contributed by atoms with Gasteiger partial charge >= 0.3 is 5.97 Å². The molecule has 3 fully saturated rings. The number of rotatable bonds is 4. The lowest BCUT2D eigenvalue weighted by atomic mass is 9.87. The van der Waals surface area contributed by atoms with E-state index in [1.54, 1.807) is 0 Å². The van der Waals surface area contributed by atoms with Gasteiger partial charge in [-0.1, -0.05) is 6.92 Å². The van der Waals surface area contributed by atoms with Crippen molar-refractivity contribution < 1.29 is 19.5 Å². The largest absolute Gasteiger partial charge is 0.481 e. The molecule has 0 aromatic heterocycles. The number of nitrogens with one attached hydrogen (secondary N) is 1. The molecule has 24 heavy (non-hydrogen) atoms. The molecule has 2 N–H and O–H groups in total. The monoisotopic (exact) mass is 336 g/mol. The van der Waals surface area contributed by atoms with E-state index in [1.165, 1.54) is 0 Å². The summed E-state index contributed by atoms with van der Waals surface area (Å²) in [6, 6.07) is 0.243. The molecule has 3 atom stereocenters. The second-order valence-electron chi connectivity index (χ2n) is 7.91. The lowest BCUT2D eigenvalue weighted by molar-refractivity contribution is -0.141. The molecule has 2 amide bonds. The number of hydrogen-bond donors (Lipinski definition) is 2. The number of amides is 2. The van der Waals surface area contributed by atoms with Crippen molar-refractivity contribution in [1.82, 2.24) is 10.2 Å². The molecule has 0 bridgehead atoms. The molecule has 3 rings (SSSR count). The zero-order valence-electron chi connectivity index (χ0n) is 14.4. The maximum atomic E-state index is 12.5. The van der Waals surface area contributed by atoms with E-state index >= 15 is 0 Å². The van der Waals surface area contributed by atoms with Crippen molar-refractivity contribution in [1.29, 1.82) is 0 Å². The molecule has 0 radical (unpaired) electrons. The first-order valence-electron chi connectivity index (χ1n) is 9.26. The first kappa shape index (κ1) is 17.2. The average Bonchev–Trinajstić information content (AvgIpc) is 3.15. The van der Waals surface area contributed by atoms with E-state index in [0.29, 0.717) is 38.3 Å². The Balaban J connectivity index is 1.50. The third-order valence-electron chi connectivity index (χ3n) is 6.08. The van der Waals surface area contributed by atoms with Gasteiger partial charge in [-0.2, -0.15) is 0 Å². The molecule has 0 spiro atoms. The maximum Gasteiger partial charge on any atom is 0.306 e. The van der Waals surface area contributed by atoms with Gasteiger partial charge < -0.3 is 15.3 Å². The van der Waals surface area contributed by atoms with Crippen LogP contribution in [-0.2, 0) is 14.4 Å². The summed E-state index contributed by atoms with van der Waals surface area (Å²) in [6.07, 6.45) is 6.55. The van der Waals surface area contributed by atoms with Crippen molar-refractivity contribution in [2.24, 2.45) is 17.8 Å². The number of nitrogens with zero attached hydrogens (tertiary/aromatic N) is 1. The van der Waals surface area contributed by atoms with Gasteiger partial charge in [-0.15, -0.1) is 0 Å². The van der Waals surface area contributed by atoms with Gasteiger partial charge in [0.2, 0.25) is 11.8 Å². The zero-order valence-corrected chi connectivity index (χ0v) is 14.4. The van der Waals surface area contributed by atoms with Crippen LogP contribution in [0.2, 0.25) is 0 Å². The number of aliphatic carboxylic acids is 1. The second kappa shape index (κ2) is 7.11. The summed E-state index contributed by atoms with van der Waals surface area (Å²) >= 11 is 0. The summed E-state index contributed by atoms with van der Waals surface area (Å²) in [5.41, 5.74) is 0. The highest BCUT2D eigenvalue weighted by Gasteiger charge is 2.40. The summed E-state index contributed by atoms with van der Waals surface area (Å²) in [4.78, 5) is 37.7. The van der Waals surface area contributed by atoms with Crippen LogP contribution in [0.5, 0.6) is 0 Å². The molecule has 1 aliphatic heterocycles. The van der Waals surface area contributed by atoms with Crippen LogP contribution >= 0.6 is 0 Å². The lowest BCUT2D eigenvalue weighted by Crippen LogP contribution is -2.41. The topological polar surface area (TPSA) is 86.7 Å². The van der Waals surface area contributed by atoms with Crippen LogP contribution in [-0.4, -0.2) is 46.4 Å². The standard InChI is InChI=1S/C18H28N2O4/c1-11-2-6-15(7-3-11)20-10-13(9-16(20)21)17(22)19-14-5-4-12(8-14)18(23)24/h11-15H,2-10H2,1H3,(H,19,22)(H,23,24)/t11?,12-,13?,14+,15?/m0/s1. The molecule has 1 heterocycles. The molecule has 134 valence electrons. The van der Waals surface area contributed by atoms with Crippen LogP contribution in [0.15, 0.2) is 0 Å². The van der Waals surface area contributed by atoms with E-state index in [9.17, 15) is 14.4 Å². The van der Waals surface area contributed by atoms with Crippen molar-refractivity contribution in [3.05, 3.63) is 0 Å².